The maximum Gasteiger partial charge on any atom is 0.137 e. The molecular formula is C51H36N4OS. The number of nitrogens with one attached hydrogen (secondary N) is 2. The van der Waals surface area contributed by atoms with E-state index < -0.39 is 0 Å². The highest BCUT2D eigenvalue weighted by molar-refractivity contribution is 7.25. The Labute approximate surface area is 332 Å². The van der Waals surface area contributed by atoms with E-state index in [9.17, 15) is 0 Å². The number of hydrogen-bond acceptors (Lipinski definition) is 5. The average molecular weight is 753 g/mol. The number of rotatable bonds is 5. The molecule has 57 heavy (non-hydrogen) atoms. The summed E-state index contributed by atoms with van der Waals surface area (Å²) in [5.41, 5.74) is 9.94. The van der Waals surface area contributed by atoms with E-state index in [1.165, 1.54) is 53.1 Å². The van der Waals surface area contributed by atoms with Gasteiger partial charge in [0, 0.05) is 42.2 Å². The summed E-state index contributed by atoms with van der Waals surface area (Å²) in [6.45, 7) is 0. The number of benzene rings is 7. The third kappa shape index (κ3) is 5.22. The first-order valence-electron chi connectivity index (χ1n) is 19.6. The Balaban J connectivity index is 0.985. The van der Waals surface area contributed by atoms with Crippen molar-refractivity contribution in [2.24, 2.45) is 10.9 Å². The molecule has 6 heteroatoms. The topological polar surface area (TPSA) is 54.5 Å². The molecule has 10 aromatic rings. The van der Waals surface area contributed by atoms with Gasteiger partial charge in [0.1, 0.15) is 29.3 Å². The van der Waals surface area contributed by atoms with Gasteiger partial charge in [-0.3, -0.25) is 5.32 Å². The first-order valence-corrected chi connectivity index (χ1v) is 20.4. The zero-order valence-corrected chi connectivity index (χ0v) is 31.7. The molecule has 0 fully saturated rings. The fraction of sp³-hybridized carbons (Fsp3) is 0.0784. The van der Waals surface area contributed by atoms with Crippen LogP contribution in [0.15, 0.2) is 185 Å². The van der Waals surface area contributed by atoms with Gasteiger partial charge in [-0.05, 0) is 83.3 Å². The number of nitrogens with zero attached hydrogens (tertiary/aromatic N) is 2. The molecule has 4 heterocycles. The molecule has 1 aliphatic carbocycles. The zero-order valence-electron chi connectivity index (χ0n) is 30.9. The molecule has 3 unspecified atom stereocenters. The van der Waals surface area contributed by atoms with E-state index in [0.29, 0.717) is 0 Å². The molecule has 3 atom stereocenters. The van der Waals surface area contributed by atoms with E-state index in [2.05, 4.69) is 191 Å². The van der Waals surface area contributed by atoms with Crippen molar-refractivity contribution in [2.75, 3.05) is 0 Å². The van der Waals surface area contributed by atoms with Crippen LogP contribution in [0.1, 0.15) is 29.9 Å². The first kappa shape index (κ1) is 32.5. The average Bonchev–Trinajstić information content (AvgIpc) is 3.96. The molecule has 0 bridgehead atoms. The summed E-state index contributed by atoms with van der Waals surface area (Å²) in [5.74, 6) is 1.24. The Hall–Kier alpha value is -6.73. The predicted octanol–water partition coefficient (Wildman–Crippen LogP) is 13.1. The number of amidine groups is 1. The summed E-state index contributed by atoms with van der Waals surface area (Å²) in [6, 6.07) is 54.7. The number of aromatic nitrogens is 1. The molecule has 3 aromatic heterocycles. The SMILES string of the molecule is C1=CCC(C2=NC(c3ccc4sc5cccc(-c6ccc7c(c6)oc6cccc(-n8c9ccccc9c9ccccc98)c67)c5c4c3)NC(c3ccccc3)N2)C=C1. The summed E-state index contributed by atoms with van der Waals surface area (Å²) in [5, 5.41) is 14.8. The zero-order chi connectivity index (χ0) is 37.5. The largest absolute Gasteiger partial charge is 0.456 e. The van der Waals surface area contributed by atoms with Gasteiger partial charge < -0.3 is 14.3 Å². The Bertz CT molecular complexity index is 3260. The van der Waals surface area contributed by atoms with Crippen LogP contribution < -0.4 is 10.6 Å². The highest BCUT2D eigenvalue weighted by Gasteiger charge is 2.28. The molecule has 7 aromatic carbocycles. The maximum absolute atomic E-state index is 6.71. The van der Waals surface area contributed by atoms with Crippen LogP contribution in [0.4, 0.5) is 0 Å². The second-order valence-corrected chi connectivity index (χ2v) is 16.2. The van der Waals surface area contributed by atoms with Crippen molar-refractivity contribution in [3.05, 3.63) is 187 Å². The van der Waals surface area contributed by atoms with Crippen LogP contribution in [0.2, 0.25) is 0 Å². The molecule has 272 valence electrons. The van der Waals surface area contributed by atoms with Crippen LogP contribution in [-0.2, 0) is 0 Å². The minimum Gasteiger partial charge on any atom is -0.456 e. The van der Waals surface area contributed by atoms with Gasteiger partial charge in [0.05, 0.1) is 22.1 Å². The van der Waals surface area contributed by atoms with Crippen molar-refractivity contribution >= 4 is 81.1 Å². The van der Waals surface area contributed by atoms with Crippen molar-refractivity contribution in [3.63, 3.8) is 0 Å². The molecule has 5 nitrogen and oxygen atoms in total. The second kappa shape index (κ2) is 12.9. The summed E-state index contributed by atoms with van der Waals surface area (Å²) in [7, 11) is 0. The third-order valence-electron chi connectivity index (χ3n) is 11.8. The quantitative estimate of drug-likeness (QED) is 0.184. The molecule has 2 N–H and O–H groups in total. The number of thiophene rings is 1. The van der Waals surface area contributed by atoms with Crippen molar-refractivity contribution in [2.45, 2.75) is 18.8 Å². The van der Waals surface area contributed by atoms with E-state index in [-0.39, 0.29) is 18.2 Å². The standard InChI is InChI=1S/C51H36N4OS/c1-3-13-31(14-4-1)49-52-50(32-15-5-2-6-16-32)54-51(53-49)34-26-28-45-39(29-34)47-35(19-11-24-46(47)57-45)33-25-27-38-44(30-33)56-43-23-12-22-42(48(38)43)55-40-20-9-7-17-36(40)37-18-8-10-21-41(37)55/h1-15,17-30,32,49,51,53H,16H2,(H,52,54). The van der Waals surface area contributed by atoms with Crippen molar-refractivity contribution in [1.29, 1.82) is 0 Å². The molecule has 0 spiro atoms. The van der Waals surface area contributed by atoms with Crippen LogP contribution in [0.25, 0.3) is 80.7 Å². The molecule has 2 aliphatic rings. The third-order valence-corrected chi connectivity index (χ3v) is 12.9. The van der Waals surface area contributed by atoms with Crippen LogP contribution >= 0.6 is 11.3 Å². The van der Waals surface area contributed by atoms with Crippen molar-refractivity contribution in [3.8, 4) is 16.8 Å². The summed E-state index contributed by atoms with van der Waals surface area (Å²) in [4.78, 5) is 5.32. The lowest BCUT2D eigenvalue weighted by Gasteiger charge is -2.34. The maximum atomic E-state index is 6.71. The minimum atomic E-state index is -0.201. The van der Waals surface area contributed by atoms with Gasteiger partial charge in [-0.1, -0.05) is 121 Å². The Morgan fingerprint density at radius 2 is 1.42 bits per heavy atom. The monoisotopic (exact) mass is 752 g/mol. The lowest BCUT2D eigenvalue weighted by Crippen LogP contribution is -2.47. The molecule has 0 radical (unpaired) electrons. The van der Waals surface area contributed by atoms with Crippen molar-refractivity contribution < 1.29 is 4.42 Å². The Morgan fingerprint density at radius 3 is 2.25 bits per heavy atom. The lowest BCUT2D eigenvalue weighted by atomic mass is 9.96. The van der Waals surface area contributed by atoms with E-state index in [1.807, 2.05) is 11.3 Å². The number of furan rings is 1. The predicted molar refractivity (Wildman–Crippen MR) is 238 cm³/mol. The molecular weight excluding hydrogens is 717 g/mol. The summed E-state index contributed by atoms with van der Waals surface area (Å²) < 4.78 is 11.6. The normalized spacial score (nSPS) is 18.3. The first-order chi connectivity index (χ1) is 28.2. The van der Waals surface area contributed by atoms with Crippen molar-refractivity contribution in [1.82, 2.24) is 15.2 Å². The lowest BCUT2D eigenvalue weighted by molar-refractivity contribution is 0.399. The van der Waals surface area contributed by atoms with Gasteiger partial charge in [-0.25, -0.2) is 4.99 Å². The number of hydrogen-bond donors (Lipinski definition) is 2. The summed E-state index contributed by atoms with van der Waals surface area (Å²) in [6.07, 6.45) is 9.40. The number of aliphatic imine (C=N–C) groups is 1. The second-order valence-electron chi connectivity index (χ2n) is 15.1. The van der Waals surface area contributed by atoms with E-state index >= 15 is 0 Å². The molecule has 0 saturated carbocycles. The van der Waals surface area contributed by atoms with Gasteiger partial charge in [-0.15, -0.1) is 11.3 Å². The van der Waals surface area contributed by atoms with Gasteiger partial charge in [0.15, 0.2) is 0 Å². The molecule has 1 aliphatic heterocycles. The highest BCUT2D eigenvalue weighted by atomic mass is 32.1. The smallest absolute Gasteiger partial charge is 0.137 e. The van der Waals surface area contributed by atoms with E-state index in [1.54, 1.807) is 0 Å². The molecule has 0 saturated heterocycles. The Morgan fingerprint density at radius 1 is 0.614 bits per heavy atom. The number of allylic oxidation sites excluding steroid dienone is 3. The van der Waals surface area contributed by atoms with Crippen LogP contribution in [0.5, 0.6) is 0 Å². The van der Waals surface area contributed by atoms with Gasteiger partial charge in [-0.2, -0.15) is 0 Å². The van der Waals surface area contributed by atoms with Gasteiger partial charge in [0.25, 0.3) is 0 Å². The van der Waals surface area contributed by atoms with Crippen LogP contribution in [0.3, 0.4) is 0 Å². The van der Waals surface area contributed by atoms with E-state index in [0.717, 1.165) is 51.0 Å². The highest BCUT2D eigenvalue weighted by Crippen LogP contribution is 2.44. The fourth-order valence-corrected chi connectivity index (χ4v) is 10.3. The van der Waals surface area contributed by atoms with Crippen LogP contribution in [-0.4, -0.2) is 10.4 Å². The van der Waals surface area contributed by atoms with Gasteiger partial charge in [0.2, 0.25) is 0 Å². The number of fused-ring (bicyclic) bond motifs is 9. The fourth-order valence-electron chi connectivity index (χ4n) is 9.14. The van der Waals surface area contributed by atoms with Crippen LogP contribution in [0, 0.1) is 5.92 Å². The minimum absolute atomic E-state index is 0.0560. The molecule has 0 amide bonds. The molecule has 12 rings (SSSR count). The Kier molecular flexibility index (Phi) is 7.37. The summed E-state index contributed by atoms with van der Waals surface area (Å²) >= 11 is 1.84. The number of para-hydroxylation sites is 2. The van der Waals surface area contributed by atoms with Gasteiger partial charge >= 0.3 is 0 Å². The van der Waals surface area contributed by atoms with E-state index in [4.69, 9.17) is 9.41 Å².